The first kappa shape index (κ1) is 22.5. The molecule has 0 saturated carbocycles. The molecule has 2 aromatic rings. The highest BCUT2D eigenvalue weighted by Crippen LogP contribution is 2.42. The third-order valence-corrected chi connectivity index (χ3v) is 5.62. The molecule has 2 aliphatic heterocycles. The Morgan fingerprint density at radius 1 is 1.00 bits per heavy atom. The van der Waals surface area contributed by atoms with Gasteiger partial charge < -0.3 is 33.7 Å². The van der Waals surface area contributed by atoms with Crippen molar-refractivity contribution >= 4 is 17.4 Å². The number of nitrogens with zero attached hydrogens (tertiary/aromatic N) is 1. The van der Waals surface area contributed by atoms with E-state index in [2.05, 4.69) is 0 Å². The number of aliphatic hydroxyl groups excluding tert-OH is 1. The van der Waals surface area contributed by atoms with Crippen LogP contribution in [0, 0.1) is 0 Å². The fraction of sp³-hybridized carbons (Fsp3) is 0.333. The molecule has 0 aliphatic carbocycles. The number of hydrogen-bond donors (Lipinski definition) is 1. The molecule has 0 unspecified atom stereocenters. The van der Waals surface area contributed by atoms with E-state index >= 15 is 0 Å². The van der Waals surface area contributed by atoms with Crippen LogP contribution in [0.1, 0.15) is 17.2 Å². The van der Waals surface area contributed by atoms with Crippen molar-refractivity contribution in [2.75, 3.05) is 47.7 Å². The van der Waals surface area contributed by atoms with E-state index in [1.54, 1.807) is 36.4 Å². The van der Waals surface area contributed by atoms with Gasteiger partial charge in [0.2, 0.25) is 0 Å². The molecule has 2 aliphatic rings. The molecule has 0 bridgehead atoms. The van der Waals surface area contributed by atoms with Crippen LogP contribution in [-0.2, 0) is 14.3 Å². The Labute approximate surface area is 191 Å². The number of fused-ring (bicyclic) bond motifs is 1. The summed E-state index contributed by atoms with van der Waals surface area (Å²) in [4.78, 5) is 27.4. The zero-order chi connectivity index (χ0) is 23.5. The van der Waals surface area contributed by atoms with Gasteiger partial charge >= 0.3 is 0 Å². The lowest BCUT2D eigenvalue weighted by Gasteiger charge is -2.25. The van der Waals surface area contributed by atoms with Crippen LogP contribution in [0.4, 0.5) is 0 Å². The zero-order valence-electron chi connectivity index (χ0n) is 18.6. The molecule has 1 amide bonds. The summed E-state index contributed by atoms with van der Waals surface area (Å²) in [6, 6.07) is 9.15. The fourth-order valence-electron chi connectivity index (χ4n) is 4.02. The normalized spacial score (nSPS) is 19.0. The highest BCUT2D eigenvalue weighted by molar-refractivity contribution is 6.46. The molecule has 0 spiro atoms. The number of hydrogen-bond acceptors (Lipinski definition) is 8. The molecule has 1 saturated heterocycles. The van der Waals surface area contributed by atoms with E-state index in [0.29, 0.717) is 47.3 Å². The summed E-state index contributed by atoms with van der Waals surface area (Å²) < 4.78 is 27.0. The minimum absolute atomic E-state index is 0.0278. The van der Waals surface area contributed by atoms with Gasteiger partial charge in [0.1, 0.15) is 19.0 Å². The van der Waals surface area contributed by atoms with Crippen molar-refractivity contribution in [1.29, 1.82) is 0 Å². The van der Waals surface area contributed by atoms with Crippen molar-refractivity contribution in [3.05, 3.63) is 53.1 Å². The fourth-order valence-corrected chi connectivity index (χ4v) is 4.02. The molecule has 1 N–H and O–H groups in total. The van der Waals surface area contributed by atoms with E-state index in [-0.39, 0.29) is 24.5 Å². The lowest BCUT2D eigenvalue weighted by Crippen LogP contribution is -2.32. The molecule has 0 aromatic heterocycles. The summed E-state index contributed by atoms with van der Waals surface area (Å²) in [5.41, 5.74) is 0.900. The topological polar surface area (TPSA) is 104 Å². The summed E-state index contributed by atoms with van der Waals surface area (Å²) >= 11 is 0. The Morgan fingerprint density at radius 2 is 1.73 bits per heavy atom. The maximum Gasteiger partial charge on any atom is 0.295 e. The van der Waals surface area contributed by atoms with Crippen LogP contribution in [-0.4, -0.2) is 69.4 Å². The molecule has 2 aromatic carbocycles. The van der Waals surface area contributed by atoms with Crippen LogP contribution in [0.25, 0.3) is 5.76 Å². The molecule has 9 nitrogen and oxygen atoms in total. The largest absolute Gasteiger partial charge is 0.507 e. The number of rotatable bonds is 7. The molecule has 9 heteroatoms. The van der Waals surface area contributed by atoms with Crippen LogP contribution < -0.4 is 18.9 Å². The summed E-state index contributed by atoms with van der Waals surface area (Å²) in [5.74, 6) is 0.152. The van der Waals surface area contributed by atoms with Gasteiger partial charge in [-0.25, -0.2) is 0 Å². The molecular formula is C24H25NO8. The Hall–Kier alpha value is -3.72. The average molecular weight is 455 g/mol. The molecule has 4 rings (SSSR count). The summed E-state index contributed by atoms with van der Waals surface area (Å²) in [6.45, 7) is 1.20. The second kappa shape index (κ2) is 9.41. The Kier molecular flexibility index (Phi) is 6.41. The van der Waals surface area contributed by atoms with Crippen LogP contribution in [0.2, 0.25) is 0 Å². The first-order chi connectivity index (χ1) is 16.0. The molecule has 2 heterocycles. The zero-order valence-corrected chi connectivity index (χ0v) is 18.6. The monoisotopic (exact) mass is 455 g/mol. The Morgan fingerprint density at radius 3 is 2.42 bits per heavy atom. The Balaban J connectivity index is 1.85. The van der Waals surface area contributed by atoms with Crippen LogP contribution in [0.3, 0.4) is 0 Å². The van der Waals surface area contributed by atoms with Crippen LogP contribution in [0.15, 0.2) is 42.0 Å². The molecular weight excluding hydrogens is 430 g/mol. The third kappa shape index (κ3) is 4.07. The van der Waals surface area contributed by atoms with Gasteiger partial charge in [0.15, 0.2) is 23.0 Å². The minimum Gasteiger partial charge on any atom is -0.507 e. The molecule has 174 valence electrons. The maximum absolute atomic E-state index is 13.1. The quantitative estimate of drug-likeness (QED) is 0.386. The molecule has 1 atom stereocenters. The molecule has 33 heavy (non-hydrogen) atoms. The van der Waals surface area contributed by atoms with Crippen molar-refractivity contribution in [3.63, 3.8) is 0 Å². The number of benzene rings is 2. The highest BCUT2D eigenvalue weighted by atomic mass is 16.6. The summed E-state index contributed by atoms with van der Waals surface area (Å²) in [5, 5.41) is 11.2. The average Bonchev–Trinajstić information content (AvgIpc) is 3.11. The van der Waals surface area contributed by atoms with Gasteiger partial charge in [-0.2, -0.15) is 0 Å². The van der Waals surface area contributed by atoms with Gasteiger partial charge in [0, 0.05) is 19.2 Å². The predicted octanol–water partition coefficient (Wildman–Crippen LogP) is 2.54. The van der Waals surface area contributed by atoms with Crippen LogP contribution in [0.5, 0.6) is 23.0 Å². The van der Waals surface area contributed by atoms with Gasteiger partial charge in [-0.3, -0.25) is 9.59 Å². The lowest BCUT2D eigenvalue weighted by molar-refractivity contribution is -0.140. The Bertz CT molecular complexity index is 1110. The number of carbonyl (C=O) groups excluding carboxylic acids is 2. The SMILES string of the molecule is COCCN1C(=O)C(=O)C(=C(O)c2ccc3c(c2)OCCO3)[C@H]1c1ccc(OC)c(OC)c1. The third-order valence-electron chi connectivity index (χ3n) is 5.62. The second-order valence-electron chi connectivity index (χ2n) is 7.46. The van der Waals surface area contributed by atoms with E-state index < -0.39 is 17.7 Å². The smallest absolute Gasteiger partial charge is 0.295 e. The number of methoxy groups -OCH3 is 3. The second-order valence-corrected chi connectivity index (χ2v) is 7.46. The highest BCUT2D eigenvalue weighted by Gasteiger charge is 2.46. The first-order valence-electron chi connectivity index (χ1n) is 10.4. The number of ketones is 1. The standard InChI is InChI=1S/C24H25NO8/c1-29-9-8-25-21(14-4-6-16(30-2)18(12-14)31-3)20(23(27)24(25)28)22(26)15-5-7-17-19(13-15)33-11-10-32-17/h4-7,12-13,21,26H,8-11H2,1-3H3/t21-/m1/s1. The first-order valence-corrected chi connectivity index (χ1v) is 10.4. The number of carbonyl (C=O) groups is 2. The maximum atomic E-state index is 13.1. The van der Waals surface area contributed by atoms with Crippen molar-refractivity contribution in [1.82, 2.24) is 4.90 Å². The number of Topliss-reactive ketones (excluding diaryl/α,β-unsaturated/α-hetero) is 1. The van der Waals surface area contributed by atoms with Gasteiger partial charge in [-0.1, -0.05) is 6.07 Å². The predicted molar refractivity (Wildman–Crippen MR) is 118 cm³/mol. The van der Waals surface area contributed by atoms with Gasteiger partial charge in [0.05, 0.1) is 32.4 Å². The van der Waals surface area contributed by atoms with Gasteiger partial charge in [0.25, 0.3) is 11.7 Å². The lowest BCUT2D eigenvalue weighted by atomic mass is 9.95. The van der Waals surface area contributed by atoms with Gasteiger partial charge in [-0.15, -0.1) is 0 Å². The van der Waals surface area contributed by atoms with Crippen molar-refractivity contribution < 1.29 is 38.4 Å². The summed E-state index contributed by atoms with van der Waals surface area (Å²) in [6.07, 6.45) is 0. The van der Waals surface area contributed by atoms with Gasteiger partial charge in [-0.05, 0) is 35.9 Å². The van der Waals surface area contributed by atoms with Crippen molar-refractivity contribution in [2.24, 2.45) is 0 Å². The van der Waals surface area contributed by atoms with Crippen molar-refractivity contribution in [3.8, 4) is 23.0 Å². The number of amides is 1. The van der Waals surface area contributed by atoms with E-state index in [4.69, 9.17) is 23.7 Å². The molecule has 0 radical (unpaired) electrons. The van der Waals surface area contributed by atoms with Crippen molar-refractivity contribution in [2.45, 2.75) is 6.04 Å². The number of aliphatic hydroxyl groups is 1. The van der Waals surface area contributed by atoms with E-state index in [1.807, 2.05) is 0 Å². The van der Waals surface area contributed by atoms with Crippen LogP contribution >= 0.6 is 0 Å². The van der Waals surface area contributed by atoms with E-state index in [9.17, 15) is 14.7 Å². The minimum atomic E-state index is -0.840. The number of likely N-dealkylation sites (tertiary alicyclic amines) is 1. The van der Waals surface area contributed by atoms with E-state index in [0.717, 1.165) is 0 Å². The number of ether oxygens (including phenoxy) is 5. The molecule has 1 fully saturated rings. The summed E-state index contributed by atoms with van der Waals surface area (Å²) in [7, 11) is 4.53. The van der Waals surface area contributed by atoms with E-state index in [1.165, 1.54) is 26.2 Å².